The van der Waals surface area contributed by atoms with E-state index >= 15 is 0 Å². The molecule has 0 aromatic carbocycles. The SMILES string of the molecule is Cc1oc(CNC(=O)CCCC(C)(C)C)cc1C(=O)O. The molecule has 0 saturated carbocycles. The highest BCUT2D eigenvalue weighted by Gasteiger charge is 2.14. The van der Waals surface area contributed by atoms with Gasteiger partial charge in [-0.3, -0.25) is 4.79 Å². The number of carboxylic acid groups (broad SMARTS) is 1. The molecule has 1 aromatic heterocycles. The Kier molecular flexibility index (Phi) is 5.36. The second-order valence-corrected chi connectivity index (χ2v) is 6.18. The summed E-state index contributed by atoms with van der Waals surface area (Å²) in [4.78, 5) is 22.5. The van der Waals surface area contributed by atoms with E-state index in [1.807, 2.05) is 0 Å². The van der Waals surface area contributed by atoms with Crippen LogP contribution in [0.2, 0.25) is 0 Å². The average molecular weight is 281 g/mol. The molecule has 0 fully saturated rings. The smallest absolute Gasteiger partial charge is 0.339 e. The predicted octanol–water partition coefficient (Wildman–Crippen LogP) is 3.12. The van der Waals surface area contributed by atoms with Crippen molar-refractivity contribution in [2.45, 2.75) is 53.5 Å². The normalized spacial score (nSPS) is 11.4. The Morgan fingerprint density at radius 1 is 1.35 bits per heavy atom. The van der Waals surface area contributed by atoms with Crippen LogP contribution in [-0.4, -0.2) is 17.0 Å². The van der Waals surface area contributed by atoms with E-state index in [9.17, 15) is 9.59 Å². The molecule has 20 heavy (non-hydrogen) atoms. The van der Waals surface area contributed by atoms with Crippen molar-refractivity contribution in [3.05, 3.63) is 23.2 Å². The molecule has 0 aliphatic rings. The fourth-order valence-corrected chi connectivity index (χ4v) is 1.90. The van der Waals surface area contributed by atoms with Crippen molar-refractivity contribution in [1.82, 2.24) is 5.32 Å². The zero-order valence-corrected chi connectivity index (χ0v) is 12.6. The van der Waals surface area contributed by atoms with Gasteiger partial charge in [0.1, 0.15) is 17.1 Å². The summed E-state index contributed by atoms with van der Waals surface area (Å²) in [5.41, 5.74) is 0.372. The van der Waals surface area contributed by atoms with Crippen molar-refractivity contribution in [3.8, 4) is 0 Å². The minimum atomic E-state index is -1.02. The van der Waals surface area contributed by atoms with Crippen LogP contribution < -0.4 is 5.32 Å². The van der Waals surface area contributed by atoms with Gasteiger partial charge in [0.05, 0.1) is 6.54 Å². The second-order valence-electron chi connectivity index (χ2n) is 6.18. The molecule has 0 spiro atoms. The van der Waals surface area contributed by atoms with Gasteiger partial charge in [0.25, 0.3) is 0 Å². The molecule has 2 N–H and O–H groups in total. The number of hydrogen-bond acceptors (Lipinski definition) is 3. The van der Waals surface area contributed by atoms with Gasteiger partial charge in [-0.1, -0.05) is 20.8 Å². The topological polar surface area (TPSA) is 79.5 Å². The number of amides is 1. The molecule has 0 atom stereocenters. The van der Waals surface area contributed by atoms with Crippen LogP contribution in [0.3, 0.4) is 0 Å². The lowest BCUT2D eigenvalue weighted by molar-refractivity contribution is -0.121. The van der Waals surface area contributed by atoms with Crippen molar-refractivity contribution in [1.29, 1.82) is 0 Å². The van der Waals surface area contributed by atoms with Crippen LogP contribution in [0.15, 0.2) is 10.5 Å². The first-order valence-corrected chi connectivity index (χ1v) is 6.78. The number of rotatable bonds is 6. The lowest BCUT2D eigenvalue weighted by atomic mass is 9.90. The van der Waals surface area contributed by atoms with Crippen LogP contribution in [0.4, 0.5) is 0 Å². The standard InChI is InChI=1S/C15H23NO4/c1-10-12(14(18)19)8-11(20-10)9-16-13(17)6-5-7-15(2,3)4/h8H,5-7,9H2,1-4H3,(H,16,17)(H,18,19). The number of nitrogens with one attached hydrogen (secondary N) is 1. The zero-order valence-electron chi connectivity index (χ0n) is 12.6. The molecule has 0 bridgehead atoms. The fourth-order valence-electron chi connectivity index (χ4n) is 1.90. The second kappa shape index (κ2) is 6.59. The van der Waals surface area contributed by atoms with Crippen molar-refractivity contribution >= 4 is 11.9 Å². The number of hydrogen-bond donors (Lipinski definition) is 2. The first-order valence-electron chi connectivity index (χ1n) is 6.78. The van der Waals surface area contributed by atoms with Gasteiger partial charge in [-0.05, 0) is 31.2 Å². The van der Waals surface area contributed by atoms with Crippen LogP contribution in [0.25, 0.3) is 0 Å². The summed E-state index contributed by atoms with van der Waals surface area (Å²) in [5.74, 6) is -0.243. The summed E-state index contributed by atoms with van der Waals surface area (Å²) in [5, 5.41) is 11.6. The molecule has 5 heteroatoms. The Hall–Kier alpha value is -1.78. The number of furan rings is 1. The first kappa shape index (κ1) is 16.3. The van der Waals surface area contributed by atoms with Gasteiger partial charge in [-0.2, -0.15) is 0 Å². The van der Waals surface area contributed by atoms with Gasteiger partial charge in [0.2, 0.25) is 5.91 Å². The molecular formula is C15H23NO4. The average Bonchev–Trinajstić information content (AvgIpc) is 2.66. The number of carbonyl (C=O) groups is 2. The predicted molar refractivity (Wildman–Crippen MR) is 75.6 cm³/mol. The summed E-state index contributed by atoms with van der Waals surface area (Å²) < 4.78 is 5.29. The van der Waals surface area contributed by atoms with E-state index in [1.54, 1.807) is 6.92 Å². The highest BCUT2D eigenvalue weighted by Crippen LogP contribution is 2.21. The van der Waals surface area contributed by atoms with E-state index in [2.05, 4.69) is 26.1 Å². The summed E-state index contributed by atoms with van der Waals surface area (Å²) in [7, 11) is 0. The third-order valence-electron chi connectivity index (χ3n) is 2.99. The molecule has 0 radical (unpaired) electrons. The fraction of sp³-hybridized carbons (Fsp3) is 0.600. The quantitative estimate of drug-likeness (QED) is 0.839. The third kappa shape index (κ3) is 5.47. The van der Waals surface area contributed by atoms with Gasteiger partial charge in [-0.15, -0.1) is 0 Å². The van der Waals surface area contributed by atoms with Crippen molar-refractivity contribution in [2.75, 3.05) is 0 Å². The van der Waals surface area contributed by atoms with Crippen LogP contribution in [0, 0.1) is 12.3 Å². The minimum Gasteiger partial charge on any atom is -0.478 e. The molecule has 1 heterocycles. The van der Waals surface area contributed by atoms with Crippen LogP contribution in [0.5, 0.6) is 0 Å². The van der Waals surface area contributed by atoms with Crippen LogP contribution in [-0.2, 0) is 11.3 Å². The first-order chi connectivity index (χ1) is 9.19. The molecular weight excluding hydrogens is 258 g/mol. The Morgan fingerprint density at radius 2 is 2.00 bits per heavy atom. The van der Waals surface area contributed by atoms with E-state index < -0.39 is 5.97 Å². The molecule has 0 aliphatic heterocycles. The lowest BCUT2D eigenvalue weighted by Crippen LogP contribution is -2.22. The number of aryl methyl sites for hydroxylation is 1. The summed E-state index contributed by atoms with van der Waals surface area (Å²) >= 11 is 0. The monoisotopic (exact) mass is 281 g/mol. The minimum absolute atomic E-state index is 0.0415. The van der Waals surface area contributed by atoms with E-state index in [-0.39, 0.29) is 23.4 Å². The van der Waals surface area contributed by atoms with Gasteiger partial charge >= 0.3 is 5.97 Å². The molecule has 0 aliphatic carbocycles. The highest BCUT2D eigenvalue weighted by atomic mass is 16.4. The Morgan fingerprint density at radius 3 is 2.50 bits per heavy atom. The lowest BCUT2D eigenvalue weighted by Gasteiger charge is -2.17. The maximum absolute atomic E-state index is 11.7. The molecule has 0 unspecified atom stereocenters. The van der Waals surface area contributed by atoms with E-state index in [4.69, 9.17) is 9.52 Å². The number of carbonyl (C=O) groups excluding carboxylic acids is 1. The molecule has 1 rings (SSSR count). The van der Waals surface area contributed by atoms with Crippen molar-refractivity contribution < 1.29 is 19.1 Å². The third-order valence-corrected chi connectivity index (χ3v) is 2.99. The van der Waals surface area contributed by atoms with Crippen LogP contribution >= 0.6 is 0 Å². The summed E-state index contributed by atoms with van der Waals surface area (Å²) in [6.45, 7) is 8.25. The van der Waals surface area contributed by atoms with Gasteiger partial charge in [0.15, 0.2) is 0 Å². The largest absolute Gasteiger partial charge is 0.478 e. The Bertz CT molecular complexity index is 483. The Balaban J connectivity index is 2.38. The van der Waals surface area contributed by atoms with Crippen molar-refractivity contribution in [3.63, 3.8) is 0 Å². The van der Waals surface area contributed by atoms with Gasteiger partial charge < -0.3 is 14.8 Å². The highest BCUT2D eigenvalue weighted by molar-refractivity contribution is 5.88. The van der Waals surface area contributed by atoms with Gasteiger partial charge in [0, 0.05) is 6.42 Å². The molecule has 0 saturated heterocycles. The summed E-state index contributed by atoms with van der Waals surface area (Å²) in [6.07, 6.45) is 2.30. The van der Waals surface area contributed by atoms with E-state index in [1.165, 1.54) is 6.07 Å². The van der Waals surface area contributed by atoms with Gasteiger partial charge in [-0.25, -0.2) is 4.79 Å². The maximum Gasteiger partial charge on any atom is 0.339 e. The van der Waals surface area contributed by atoms with Crippen molar-refractivity contribution in [2.24, 2.45) is 5.41 Å². The molecule has 5 nitrogen and oxygen atoms in total. The maximum atomic E-state index is 11.7. The zero-order chi connectivity index (χ0) is 15.3. The number of carboxylic acids is 1. The molecule has 1 aromatic rings. The Labute approximate surface area is 119 Å². The van der Waals surface area contributed by atoms with E-state index in [0.29, 0.717) is 17.9 Å². The van der Waals surface area contributed by atoms with Crippen LogP contribution in [0.1, 0.15) is 61.9 Å². The molecule has 112 valence electrons. The molecule has 1 amide bonds. The van der Waals surface area contributed by atoms with E-state index in [0.717, 1.165) is 12.8 Å². The number of aromatic carboxylic acids is 1. The summed E-state index contributed by atoms with van der Waals surface area (Å²) in [6, 6.07) is 1.45.